The lowest BCUT2D eigenvalue weighted by atomic mass is 9.89. The maximum absolute atomic E-state index is 13.8. The fourth-order valence-electron chi connectivity index (χ4n) is 6.09. The third-order valence-electron chi connectivity index (χ3n) is 9.01. The van der Waals surface area contributed by atoms with E-state index in [1.54, 1.807) is 36.9 Å². The molecule has 3 aliphatic rings. The van der Waals surface area contributed by atoms with Gasteiger partial charge in [-0.3, -0.25) is 14.6 Å². The molecule has 5 rings (SSSR count). The average Bonchev–Trinajstić information content (AvgIpc) is 3.31. The molecule has 13 heteroatoms. The number of aliphatic imine (C=N–C) groups is 1. The largest absolute Gasteiger partial charge is 0.387 e. The molecule has 2 amide bonds. The minimum absolute atomic E-state index is 0.0444. The number of benzene rings is 2. The van der Waals surface area contributed by atoms with Crippen LogP contribution in [-0.2, 0) is 20.7 Å². The number of amides is 2. The Kier molecular flexibility index (Phi) is 8.75. The van der Waals surface area contributed by atoms with E-state index >= 15 is 0 Å². The number of carbonyl (C=O) groups is 2. The molecular formula is C32H37F3N4O5S. The molecule has 3 heterocycles. The van der Waals surface area contributed by atoms with E-state index < -0.39 is 33.8 Å². The van der Waals surface area contributed by atoms with Crippen molar-refractivity contribution in [1.82, 2.24) is 14.5 Å². The lowest BCUT2D eigenvalue weighted by Crippen LogP contribution is -2.50. The summed E-state index contributed by atoms with van der Waals surface area (Å²) in [6.45, 7) is 4.09. The summed E-state index contributed by atoms with van der Waals surface area (Å²) in [5.41, 5.74) is 0.0810. The van der Waals surface area contributed by atoms with Crippen LogP contribution in [0, 0.1) is 13.8 Å². The number of hydrogen-bond acceptors (Lipinski definition) is 6. The molecule has 2 N–H and O–H groups in total. The minimum Gasteiger partial charge on any atom is -0.387 e. The molecule has 3 aliphatic heterocycles. The highest BCUT2D eigenvalue weighted by Gasteiger charge is 2.47. The van der Waals surface area contributed by atoms with Crippen LogP contribution >= 0.6 is 0 Å². The molecule has 2 aromatic rings. The topological polar surface area (TPSA) is 119 Å². The summed E-state index contributed by atoms with van der Waals surface area (Å²) >= 11 is 0. The molecule has 242 valence electrons. The number of aliphatic hydroxyl groups is 1. The van der Waals surface area contributed by atoms with Gasteiger partial charge in [-0.2, -0.15) is 4.31 Å². The second kappa shape index (κ2) is 12.0. The van der Waals surface area contributed by atoms with Crippen molar-refractivity contribution in [3.63, 3.8) is 0 Å². The van der Waals surface area contributed by atoms with Crippen LogP contribution in [-0.4, -0.2) is 84.4 Å². The second-order valence-corrected chi connectivity index (χ2v) is 14.2. The summed E-state index contributed by atoms with van der Waals surface area (Å²) in [5.74, 6) is -3.48. The van der Waals surface area contributed by atoms with Crippen LogP contribution in [0.1, 0.15) is 70.8 Å². The van der Waals surface area contributed by atoms with Gasteiger partial charge in [0.15, 0.2) is 0 Å². The van der Waals surface area contributed by atoms with Crippen molar-refractivity contribution in [3.05, 3.63) is 75.2 Å². The summed E-state index contributed by atoms with van der Waals surface area (Å²) in [5, 5.41) is 13.9. The lowest BCUT2D eigenvalue weighted by Gasteiger charge is -2.36. The van der Waals surface area contributed by atoms with Gasteiger partial charge in [0.1, 0.15) is 18.0 Å². The summed E-state index contributed by atoms with van der Waals surface area (Å²) in [6, 6.07) is 9.03. The molecule has 0 unspecified atom stereocenters. The first-order chi connectivity index (χ1) is 21.1. The van der Waals surface area contributed by atoms with Gasteiger partial charge in [0.05, 0.1) is 5.60 Å². The Morgan fingerprint density at radius 2 is 1.69 bits per heavy atom. The van der Waals surface area contributed by atoms with E-state index in [0.717, 1.165) is 12.3 Å². The van der Waals surface area contributed by atoms with E-state index in [1.165, 1.54) is 28.6 Å². The number of nitrogens with zero attached hydrogens (tertiary/aromatic N) is 3. The van der Waals surface area contributed by atoms with Gasteiger partial charge in [-0.15, -0.1) is 0 Å². The van der Waals surface area contributed by atoms with Gasteiger partial charge in [-0.1, -0.05) is 18.2 Å². The Bertz CT molecular complexity index is 1650. The molecule has 0 aromatic heterocycles. The predicted octanol–water partition coefficient (Wildman–Crippen LogP) is 4.06. The number of rotatable bonds is 7. The van der Waals surface area contributed by atoms with Gasteiger partial charge in [0, 0.05) is 55.2 Å². The molecule has 0 atom stereocenters. The van der Waals surface area contributed by atoms with Gasteiger partial charge in [0.25, 0.3) is 17.7 Å². The van der Waals surface area contributed by atoms with Crippen molar-refractivity contribution in [1.29, 1.82) is 0 Å². The quantitative estimate of drug-likeness (QED) is 0.471. The highest BCUT2D eigenvalue weighted by atomic mass is 32.2. The smallest absolute Gasteiger partial charge is 0.270 e. The number of aryl methyl sites for hydroxylation is 2. The van der Waals surface area contributed by atoms with E-state index in [2.05, 4.69) is 10.3 Å². The van der Waals surface area contributed by atoms with E-state index in [-0.39, 0.29) is 75.1 Å². The number of carbonyl (C=O) groups excluding carboxylic acids is 2. The summed E-state index contributed by atoms with van der Waals surface area (Å²) in [7, 11) is -3.86. The number of piperidine rings is 2. The van der Waals surface area contributed by atoms with Crippen molar-refractivity contribution in [3.8, 4) is 0 Å². The number of amidine groups is 1. The van der Waals surface area contributed by atoms with E-state index in [0.29, 0.717) is 27.8 Å². The number of alkyl halides is 3. The molecule has 9 nitrogen and oxygen atoms in total. The molecule has 0 saturated carbocycles. The van der Waals surface area contributed by atoms with Gasteiger partial charge in [-0.25, -0.2) is 21.6 Å². The summed E-state index contributed by atoms with van der Waals surface area (Å²) < 4.78 is 68.6. The zero-order chi connectivity index (χ0) is 32.8. The molecule has 2 fully saturated rings. The van der Waals surface area contributed by atoms with Crippen LogP contribution < -0.4 is 5.32 Å². The van der Waals surface area contributed by atoms with Crippen LogP contribution in [0.25, 0.3) is 6.08 Å². The van der Waals surface area contributed by atoms with Crippen molar-refractivity contribution in [2.75, 3.05) is 32.9 Å². The summed E-state index contributed by atoms with van der Waals surface area (Å²) in [4.78, 5) is 32.2. The molecule has 0 radical (unpaired) electrons. The molecule has 0 aliphatic carbocycles. The zero-order valence-electron chi connectivity index (χ0n) is 25.4. The Morgan fingerprint density at radius 3 is 2.27 bits per heavy atom. The first-order valence-electron chi connectivity index (χ1n) is 14.8. The van der Waals surface area contributed by atoms with Crippen LogP contribution in [0.15, 0.2) is 46.8 Å². The average molecular weight is 647 g/mol. The Morgan fingerprint density at radius 1 is 1.07 bits per heavy atom. The number of halogens is 3. The van der Waals surface area contributed by atoms with Crippen molar-refractivity contribution in [2.24, 2.45) is 4.99 Å². The predicted molar refractivity (Wildman–Crippen MR) is 164 cm³/mol. The van der Waals surface area contributed by atoms with Crippen LogP contribution in [0.4, 0.5) is 13.2 Å². The van der Waals surface area contributed by atoms with Gasteiger partial charge in [0.2, 0.25) is 10.0 Å². The van der Waals surface area contributed by atoms with Crippen LogP contribution in [0.3, 0.4) is 0 Å². The number of nitrogens with one attached hydrogen (secondary N) is 1. The number of likely N-dealkylation sites (tertiary alicyclic amines) is 1. The second-order valence-electron chi connectivity index (χ2n) is 12.3. The molecule has 2 saturated heterocycles. The fraction of sp³-hybridized carbons (Fsp3) is 0.469. The number of sulfonamides is 1. The highest BCUT2D eigenvalue weighted by Crippen LogP contribution is 2.34. The SMILES string of the molecule is Cc1cc(C(=O)N2CCC(O)(CF)CC2)cc(C)c1/C=C/S(=O)(=O)N1CCC2(CC1)N=C(c1cccc(C(C)(F)F)c1)NC2=O. The van der Waals surface area contributed by atoms with Gasteiger partial charge in [-0.05, 0) is 80.5 Å². The molecule has 2 aromatic carbocycles. The Hall–Kier alpha value is -3.55. The van der Waals surface area contributed by atoms with Crippen molar-refractivity contribution >= 4 is 33.7 Å². The first-order valence-corrected chi connectivity index (χ1v) is 16.3. The van der Waals surface area contributed by atoms with Crippen molar-refractivity contribution in [2.45, 2.75) is 63.5 Å². The monoisotopic (exact) mass is 646 g/mol. The number of hydrogen-bond donors (Lipinski definition) is 2. The van der Waals surface area contributed by atoms with Gasteiger partial charge < -0.3 is 15.3 Å². The maximum atomic E-state index is 13.8. The van der Waals surface area contributed by atoms with Crippen LogP contribution in [0.2, 0.25) is 0 Å². The molecule has 45 heavy (non-hydrogen) atoms. The van der Waals surface area contributed by atoms with E-state index in [1.807, 2.05) is 0 Å². The molecule has 1 spiro atoms. The van der Waals surface area contributed by atoms with E-state index in [4.69, 9.17) is 0 Å². The normalized spacial score (nSPS) is 20.5. The Balaban J connectivity index is 1.25. The third-order valence-corrected chi connectivity index (χ3v) is 10.6. The first kappa shape index (κ1) is 32.8. The van der Waals surface area contributed by atoms with Gasteiger partial charge >= 0.3 is 0 Å². The Labute approximate surface area is 260 Å². The van der Waals surface area contributed by atoms with E-state index in [9.17, 15) is 36.3 Å². The zero-order valence-corrected chi connectivity index (χ0v) is 26.3. The lowest BCUT2D eigenvalue weighted by molar-refractivity contribution is -0.124. The summed E-state index contributed by atoms with van der Waals surface area (Å²) in [6.07, 6.45) is 2.09. The minimum atomic E-state index is -3.86. The van der Waals surface area contributed by atoms with Crippen LogP contribution in [0.5, 0.6) is 0 Å². The third kappa shape index (κ3) is 6.70. The molecule has 0 bridgehead atoms. The maximum Gasteiger partial charge on any atom is 0.270 e. The highest BCUT2D eigenvalue weighted by molar-refractivity contribution is 7.92. The molecular weight excluding hydrogens is 609 g/mol. The standard InChI is InChI=1S/C32H37F3N4O5S/c1-21-17-24(28(40)38-12-8-31(42,20-33)9-13-38)18-22(2)26(21)7-16-45(43,44)39-14-10-32(11-15-39)29(41)36-27(37-32)23-5-4-6-25(19-23)30(3,34)35/h4-7,16-19,42H,8-15,20H2,1-3H3,(H,36,37,41)/b16-7+. The fourth-order valence-corrected chi connectivity index (χ4v) is 7.26. The van der Waals surface area contributed by atoms with Crippen molar-refractivity contribution < 1.29 is 36.3 Å².